The second-order valence-corrected chi connectivity index (χ2v) is 5.33. The lowest BCUT2D eigenvalue weighted by Gasteiger charge is -2.05. The molecule has 0 bridgehead atoms. The number of nitrogens with zero attached hydrogens (tertiary/aromatic N) is 1. The molecule has 0 aliphatic heterocycles. The van der Waals surface area contributed by atoms with Gasteiger partial charge in [0.15, 0.2) is 0 Å². The van der Waals surface area contributed by atoms with Crippen LogP contribution in [0.2, 0.25) is 10.0 Å². The number of nitro groups is 1. The second-order valence-electron chi connectivity index (χ2n) is 3.40. The molecule has 0 amide bonds. The van der Waals surface area contributed by atoms with E-state index in [9.17, 15) is 10.1 Å². The molecule has 2 rings (SSSR count). The van der Waals surface area contributed by atoms with Crippen molar-refractivity contribution in [3.05, 3.63) is 62.6 Å². The van der Waals surface area contributed by atoms with Gasteiger partial charge in [-0.05, 0) is 24.3 Å². The minimum atomic E-state index is -0.411. The van der Waals surface area contributed by atoms with E-state index in [1.807, 2.05) is 0 Å². The molecule has 0 saturated heterocycles. The van der Waals surface area contributed by atoms with Crippen LogP contribution in [0.15, 0.2) is 52.3 Å². The molecule has 0 unspecified atom stereocenters. The van der Waals surface area contributed by atoms with Gasteiger partial charge in [0.05, 0.1) is 14.8 Å². The van der Waals surface area contributed by atoms with Gasteiger partial charge in [-0.25, -0.2) is 0 Å². The Kier molecular flexibility index (Phi) is 4.11. The van der Waals surface area contributed by atoms with Gasteiger partial charge in [-0.1, -0.05) is 47.1 Å². The van der Waals surface area contributed by atoms with Crippen molar-refractivity contribution >= 4 is 40.7 Å². The van der Waals surface area contributed by atoms with Gasteiger partial charge in [0, 0.05) is 16.0 Å². The first-order valence-electron chi connectivity index (χ1n) is 4.94. The van der Waals surface area contributed by atoms with E-state index >= 15 is 0 Å². The Labute approximate surface area is 118 Å². The first-order chi connectivity index (χ1) is 8.58. The van der Waals surface area contributed by atoms with Crippen LogP contribution < -0.4 is 0 Å². The fourth-order valence-electron chi connectivity index (χ4n) is 1.37. The highest BCUT2D eigenvalue weighted by molar-refractivity contribution is 7.99. The van der Waals surface area contributed by atoms with Crippen LogP contribution in [0.5, 0.6) is 0 Å². The van der Waals surface area contributed by atoms with Gasteiger partial charge in [-0.3, -0.25) is 10.1 Å². The summed E-state index contributed by atoms with van der Waals surface area (Å²) in [6.45, 7) is 0. The van der Waals surface area contributed by atoms with Crippen molar-refractivity contribution in [2.75, 3.05) is 0 Å². The molecule has 0 atom stereocenters. The summed E-state index contributed by atoms with van der Waals surface area (Å²) in [6, 6.07) is 11.6. The van der Waals surface area contributed by atoms with Crippen LogP contribution >= 0.6 is 35.0 Å². The van der Waals surface area contributed by atoms with E-state index in [0.717, 1.165) is 4.90 Å². The van der Waals surface area contributed by atoms with Crippen molar-refractivity contribution in [1.29, 1.82) is 0 Å². The first-order valence-corrected chi connectivity index (χ1v) is 6.51. The molecule has 0 saturated carbocycles. The largest absolute Gasteiger partial charge is 0.283 e. The van der Waals surface area contributed by atoms with Gasteiger partial charge >= 0.3 is 0 Å². The molecule has 18 heavy (non-hydrogen) atoms. The average Bonchev–Trinajstić information content (AvgIpc) is 2.33. The summed E-state index contributed by atoms with van der Waals surface area (Å²) >= 11 is 13.1. The summed E-state index contributed by atoms with van der Waals surface area (Å²) in [6.07, 6.45) is 0. The molecule has 0 aromatic heterocycles. The van der Waals surface area contributed by atoms with Crippen LogP contribution in [0.25, 0.3) is 0 Å². The fourth-order valence-corrected chi connectivity index (χ4v) is 2.82. The molecule has 0 fully saturated rings. The van der Waals surface area contributed by atoms with E-state index in [1.54, 1.807) is 36.4 Å². The Hall–Kier alpha value is -1.23. The predicted molar refractivity (Wildman–Crippen MR) is 73.7 cm³/mol. The summed E-state index contributed by atoms with van der Waals surface area (Å²) in [4.78, 5) is 11.8. The lowest BCUT2D eigenvalue weighted by molar-refractivity contribution is -0.387. The Balaban J connectivity index is 2.37. The fraction of sp³-hybridized carbons (Fsp3) is 0. The maximum absolute atomic E-state index is 10.9. The molecule has 6 heteroatoms. The normalized spacial score (nSPS) is 10.3. The third kappa shape index (κ3) is 2.96. The highest BCUT2D eigenvalue weighted by Gasteiger charge is 2.14. The van der Waals surface area contributed by atoms with Gasteiger partial charge in [0.1, 0.15) is 0 Å². The van der Waals surface area contributed by atoms with Crippen LogP contribution in [0, 0.1) is 10.1 Å². The van der Waals surface area contributed by atoms with E-state index in [4.69, 9.17) is 23.2 Å². The monoisotopic (exact) mass is 299 g/mol. The van der Waals surface area contributed by atoms with Crippen LogP contribution in [-0.4, -0.2) is 4.92 Å². The Bertz CT molecular complexity index is 604. The van der Waals surface area contributed by atoms with Crippen molar-refractivity contribution in [2.24, 2.45) is 0 Å². The zero-order valence-electron chi connectivity index (χ0n) is 8.97. The summed E-state index contributed by atoms with van der Waals surface area (Å²) < 4.78 is 0. The number of hydrogen-bond acceptors (Lipinski definition) is 3. The zero-order valence-corrected chi connectivity index (χ0v) is 11.3. The van der Waals surface area contributed by atoms with Gasteiger partial charge in [0.2, 0.25) is 0 Å². The molecular weight excluding hydrogens is 293 g/mol. The highest BCUT2D eigenvalue weighted by Crippen LogP contribution is 2.38. The van der Waals surface area contributed by atoms with Gasteiger partial charge in [-0.2, -0.15) is 0 Å². The van der Waals surface area contributed by atoms with Crippen LogP contribution in [0.4, 0.5) is 5.69 Å². The summed E-state index contributed by atoms with van der Waals surface area (Å²) in [7, 11) is 0. The van der Waals surface area contributed by atoms with E-state index in [1.165, 1.54) is 17.8 Å². The van der Waals surface area contributed by atoms with Crippen molar-refractivity contribution in [3.63, 3.8) is 0 Å². The minimum Gasteiger partial charge on any atom is -0.258 e. The maximum Gasteiger partial charge on any atom is 0.283 e. The van der Waals surface area contributed by atoms with Crippen molar-refractivity contribution in [2.45, 2.75) is 9.79 Å². The number of benzene rings is 2. The lowest BCUT2D eigenvalue weighted by Crippen LogP contribution is -1.90. The summed E-state index contributed by atoms with van der Waals surface area (Å²) in [5.41, 5.74) is 0.0634. The minimum absolute atomic E-state index is 0.0634. The summed E-state index contributed by atoms with van der Waals surface area (Å²) in [5.74, 6) is 0. The van der Waals surface area contributed by atoms with Crippen LogP contribution in [0.3, 0.4) is 0 Å². The van der Waals surface area contributed by atoms with E-state index in [2.05, 4.69) is 0 Å². The molecule has 2 aromatic rings. The molecule has 92 valence electrons. The smallest absolute Gasteiger partial charge is 0.258 e. The lowest BCUT2D eigenvalue weighted by atomic mass is 10.3. The Morgan fingerprint density at radius 2 is 1.78 bits per heavy atom. The topological polar surface area (TPSA) is 43.1 Å². The number of hydrogen-bond donors (Lipinski definition) is 0. The first kappa shape index (κ1) is 13.2. The van der Waals surface area contributed by atoms with Crippen LogP contribution in [-0.2, 0) is 0 Å². The molecule has 0 aliphatic carbocycles. The van der Waals surface area contributed by atoms with Gasteiger partial charge < -0.3 is 0 Å². The molecular formula is C12H7Cl2NO2S. The Morgan fingerprint density at radius 3 is 2.44 bits per heavy atom. The number of rotatable bonds is 3. The molecule has 0 radical (unpaired) electrons. The second kappa shape index (κ2) is 5.61. The number of nitro benzene ring substituents is 1. The molecule has 3 nitrogen and oxygen atoms in total. The zero-order chi connectivity index (χ0) is 13.1. The SMILES string of the molecule is O=[N+]([O-])c1ccccc1Sc1ccc(Cl)cc1Cl. The average molecular weight is 300 g/mol. The van der Waals surface area contributed by atoms with Gasteiger partial charge in [0.25, 0.3) is 5.69 Å². The standard InChI is InChI=1S/C12H7Cl2NO2S/c13-8-5-6-11(9(14)7-8)18-12-4-2-1-3-10(12)15(16)17/h1-7H. The molecule has 2 aromatic carbocycles. The van der Waals surface area contributed by atoms with Crippen molar-refractivity contribution < 1.29 is 4.92 Å². The molecule has 0 aliphatic rings. The molecule has 0 N–H and O–H groups in total. The Morgan fingerprint density at radius 1 is 1.06 bits per heavy atom. The van der Waals surface area contributed by atoms with Crippen molar-refractivity contribution in [1.82, 2.24) is 0 Å². The van der Waals surface area contributed by atoms with Crippen molar-refractivity contribution in [3.8, 4) is 0 Å². The number of halogens is 2. The highest BCUT2D eigenvalue weighted by atomic mass is 35.5. The third-order valence-corrected chi connectivity index (χ3v) is 3.98. The predicted octanol–water partition coefficient (Wildman–Crippen LogP) is 5.05. The third-order valence-electron chi connectivity index (χ3n) is 2.18. The summed E-state index contributed by atoms with van der Waals surface area (Å²) in [5, 5.41) is 11.9. The molecule has 0 heterocycles. The van der Waals surface area contributed by atoms with E-state index < -0.39 is 4.92 Å². The molecule has 0 spiro atoms. The number of para-hydroxylation sites is 1. The van der Waals surface area contributed by atoms with E-state index in [-0.39, 0.29) is 5.69 Å². The van der Waals surface area contributed by atoms with Gasteiger partial charge in [-0.15, -0.1) is 0 Å². The van der Waals surface area contributed by atoms with Crippen LogP contribution in [0.1, 0.15) is 0 Å². The maximum atomic E-state index is 10.9. The van der Waals surface area contributed by atoms with E-state index in [0.29, 0.717) is 14.9 Å². The quantitative estimate of drug-likeness (QED) is 0.588.